The Morgan fingerprint density at radius 1 is 1.39 bits per heavy atom. The van der Waals surface area contributed by atoms with Crippen molar-refractivity contribution in [3.05, 3.63) is 53.6 Å². The zero-order chi connectivity index (χ0) is 13.0. The third-order valence-electron chi connectivity index (χ3n) is 2.92. The number of aromatic amines is 1. The molecule has 1 aromatic carbocycles. The summed E-state index contributed by atoms with van der Waals surface area (Å²) >= 11 is 0. The van der Waals surface area contributed by atoms with E-state index in [0.717, 1.165) is 11.3 Å². The molecule has 18 heavy (non-hydrogen) atoms. The Bertz CT molecular complexity index is 497. The Morgan fingerprint density at radius 2 is 2.22 bits per heavy atom. The Balaban J connectivity index is 2.08. The maximum atomic E-state index is 13.3. The highest BCUT2D eigenvalue weighted by molar-refractivity contribution is 5.36. The van der Waals surface area contributed by atoms with Gasteiger partial charge in [-0.25, -0.2) is 4.39 Å². The van der Waals surface area contributed by atoms with Gasteiger partial charge in [0.2, 0.25) is 0 Å². The fraction of sp³-hybridized carbons (Fsp3) is 0.286. The summed E-state index contributed by atoms with van der Waals surface area (Å²) in [7, 11) is 1.59. The Morgan fingerprint density at radius 3 is 2.89 bits per heavy atom. The maximum absolute atomic E-state index is 13.3. The highest BCUT2D eigenvalue weighted by atomic mass is 19.1. The molecule has 1 aromatic heterocycles. The predicted octanol–water partition coefficient (Wildman–Crippen LogP) is 3.01. The van der Waals surface area contributed by atoms with Gasteiger partial charge in [-0.3, -0.25) is 0 Å². The molecule has 0 radical (unpaired) electrons. The van der Waals surface area contributed by atoms with Gasteiger partial charge in [0.25, 0.3) is 0 Å². The van der Waals surface area contributed by atoms with Gasteiger partial charge in [0.15, 0.2) is 0 Å². The zero-order valence-corrected chi connectivity index (χ0v) is 10.5. The molecule has 2 N–H and O–H groups in total. The van der Waals surface area contributed by atoms with Crippen LogP contribution in [0.1, 0.15) is 24.2 Å². The first-order valence-corrected chi connectivity index (χ1v) is 5.90. The number of aromatic nitrogens is 1. The van der Waals surface area contributed by atoms with Gasteiger partial charge >= 0.3 is 0 Å². The first-order chi connectivity index (χ1) is 8.70. The van der Waals surface area contributed by atoms with Crippen LogP contribution in [0.25, 0.3) is 0 Å². The minimum atomic E-state index is -0.251. The first kappa shape index (κ1) is 12.6. The van der Waals surface area contributed by atoms with Crippen LogP contribution in [0.4, 0.5) is 4.39 Å². The predicted molar refractivity (Wildman–Crippen MR) is 69.0 cm³/mol. The molecule has 0 saturated heterocycles. The molecule has 1 heterocycles. The quantitative estimate of drug-likeness (QED) is 0.853. The summed E-state index contributed by atoms with van der Waals surface area (Å²) in [6.45, 7) is 2.69. The van der Waals surface area contributed by atoms with Gasteiger partial charge in [0, 0.05) is 30.0 Å². The van der Waals surface area contributed by atoms with Gasteiger partial charge < -0.3 is 15.0 Å². The second-order valence-corrected chi connectivity index (χ2v) is 4.18. The number of rotatable bonds is 5. The number of nitrogens with one attached hydrogen (secondary N) is 2. The smallest absolute Gasteiger partial charge is 0.123 e. The monoisotopic (exact) mass is 248 g/mol. The highest BCUT2D eigenvalue weighted by Crippen LogP contribution is 2.25. The van der Waals surface area contributed by atoms with Crippen LogP contribution >= 0.6 is 0 Å². The van der Waals surface area contributed by atoms with Crippen LogP contribution in [0.5, 0.6) is 5.75 Å². The van der Waals surface area contributed by atoms with Crippen LogP contribution in [0.3, 0.4) is 0 Å². The summed E-state index contributed by atoms with van der Waals surface area (Å²) in [6.07, 6.45) is 1.88. The molecule has 0 aliphatic carbocycles. The molecule has 96 valence electrons. The van der Waals surface area contributed by atoms with Crippen molar-refractivity contribution in [1.29, 1.82) is 0 Å². The summed E-state index contributed by atoms with van der Waals surface area (Å²) in [5.74, 6) is 0.446. The normalized spacial score (nSPS) is 12.4. The lowest BCUT2D eigenvalue weighted by molar-refractivity contribution is 0.399. The Labute approximate surface area is 106 Å². The van der Waals surface area contributed by atoms with E-state index in [1.807, 2.05) is 25.3 Å². The Hall–Kier alpha value is -1.81. The van der Waals surface area contributed by atoms with E-state index < -0.39 is 0 Å². The summed E-state index contributed by atoms with van der Waals surface area (Å²) in [5.41, 5.74) is 1.92. The van der Waals surface area contributed by atoms with Crippen molar-refractivity contribution in [2.24, 2.45) is 0 Å². The average molecular weight is 248 g/mol. The van der Waals surface area contributed by atoms with E-state index in [-0.39, 0.29) is 11.9 Å². The fourth-order valence-electron chi connectivity index (χ4n) is 1.89. The van der Waals surface area contributed by atoms with Gasteiger partial charge in [-0.2, -0.15) is 0 Å². The number of H-pyrrole nitrogens is 1. The third kappa shape index (κ3) is 2.90. The molecular formula is C14H17FN2O. The molecule has 1 atom stereocenters. The van der Waals surface area contributed by atoms with Crippen LogP contribution in [-0.4, -0.2) is 12.1 Å². The molecule has 4 heteroatoms. The number of hydrogen-bond donors (Lipinski definition) is 2. The minimum absolute atomic E-state index is 0.0129. The van der Waals surface area contributed by atoms with Crippen LogP contribution in [0.2, 0.25) is 0 Å². The van der Waals surface area contributed by atoms with E-state index in [1.54, 1.807) is 13.2 Å². The molecule has 0 saturated carbocycles. The molecule has 0 spiro atoms. The van der Waals surface area contributed by atoms with Crippen molar-refractivity contribution in [1.82, 2.24) is 10.3 Å². The van der Waals surface area contributed by atoms with Crippen molar-refractivity contribution < 1.29 is 9.13 Å². The largest absolute Gasteiger partial charge is 0.496 e. The lowest BCUT2D eigenvalue weighted by Crippen LogP contribution is -2.19. The van der Waals surface area contributed by atoms with E-state index in [1.165, 1.54) is 12.1 Å². The second-order valence-electron chi connectivity index (χ2n) is 4.18. The minimum Gasteiger partial charge on any atom is -0.496 e. The zero-order valence-electron chi connectivity index (χ0n) is 10.5. The number of benzene rings is 1. The van der Waals surface area contributed by atoms with E-state index in [4.69, 9.17) is 4.74 Å². The number of ether oxygens (including phenoxy) is 1. The van der Waals surface area contributed by atoms with Crippen LogP contribution in [0, 0.1) is 5.82 Å². The summed E-state index contributed by atoms with van der Waals surface area (Å²) in [4.78, 5) is 3.12. The molecule has 0 fully saturated rings. The van der Waals surface area contributed by atoms with Gasteiger partial charge in [0.1, 0.15) is 11.6 Å². The van der Waals surface area contributed by atoms with E-state index in [2.05, 4.69) is 10.3 Å². The molecule has 2 rings (SSSR count). The van der Waals surface area contributed by atoms with Gasteiger partial charge in [0.05, 0.1) is 7.11 Å². The molecule has 1 unspecified atom stereocenters. The summed E-state index contributed by atoms with van der Waals surface area (Å²) in [5, 5.41) is 3.33. The van der Waals surface area contributed by atoms with Crippen molar-refractivity contribution in [2.45, 2.75) is 19.5 Å². The van der Waals surface area contributed by atoms with Crippen molar-refractivity contribution in [3.63, 3.8) is 0 Å². The molecule has 0 aliphatic heterocycles. The van der Waals surface area contributed by atoms with E-state index in [0.29, 0.717) is 12.3 Å². The number of halogens is 1. The molecule has 0 aliphatic rings. The van der Waals surface area contributed by atoms with Gasteiger partial charge in [-0.05, 0) is 37.3 Å². The molecule has 2 aromatic rings. The lowest BCUT2D eigenvalue weighted by Gasteiger charge is -2.17. The molecular weight excluding hydrogens is 231 g/mol. The van der Waals surface area contributed by atoms with Gasteiger partial charge in [-0.1, -0.05) is 0 Å². The van der Waals surface area contributed by atoms with Crippen molar-refractivity contribution in [2.75, 3.05) is 7.11 Å². The Kier molecular flexibility index (Phi) is 3.99. The van der Waals surface area contributed by atoms with E-state index >= 15 is 0 Å². The average Bonchev–Trinajstić information content (AvgIpc) is 2.89. The summed E-state index contributed by atoms with van der Waals surface area (Å²) in [6, 6.07) is 8.52. The van der Waals surface area contributed by atoms with Crippen molar-refractivity contribution >= 4 is 0 Å². The molecule has 3 nitrogen and oxygen atoms in total. The topological polar surface area (TPSA) is 37.0 Å². The molecule has 0 amide bonds. The lowest BCUT2D eigenvalue weighted by atomic mass is 10.1. The standard InChI is InChI=1S/C14H17FN2O/c1-10(17-9-12-4-3-7-16-12)13-8-11(15)5-6-14(13)18-2/h3-8,10,16-17H,9H2,1-2H3. The van der Waals surface area contributed by atoms with E-state index in [9.17, 15) is 4.39 Å². The van der Waals surface area contributed by atoms with Crippen molar-refractivity contribution in [3.8, 4) is 5.75 Å². The number of hydrogen-bond acceptors (Lipinski definition) is 2. The second kappa shape index (κ2) is 5.69. The fourth-order valence-corrected chi connectivity index (χ4v) is 1.89. The first-order valence-electron chi connectivity index (χ1n) is 5.90. The highest BCUT2D eigenvalue weighted by Gasteiger charge is 2.12. The van der Waals surface area contributed by atoms with Gasteiger partial charge in [-0.15, -0.1) is 0 Å². The maximum Gasteiger partial charge on any atom is 0.123 e. The third-order valence-corrected chi connectivity index (χ3v) is 2.92. The van der Waals surface area contributed by atoms with Crippen LogP contribution < -0.4 is 10.1 Å². The summed E-state index contributed by atoms with van der Waals surface area (Å²) < 4.78 is 18.5. The SMILES string of the molecule is COc1ccc(F)cc1C(C)NCc1ccc[nH]1. The van der Waals surface area contributed by atoms with Crippen LogP contribution in [-0.2, 0) is 6.54 Å². The number of methoxy groups -OCH3 is 1. The molecule has 0 bridgehead atoms. The van der Waals surface area contributed by atoms with Crippen LogP contribution in [0.15, 0.2) is 36.5 Å².